The minimum Gasteiger partial charge on any atom is -0.497 e. The lowest BCUT2D eigenvalue weighted by Gasteiger charge is -2.02. The lowest BCUT2D eigenvalue weighted by Crippen LogP contribution is -1.87. The van der Waals surface area contributed by atoms with Crippen molar-refractivity contribution < 1.29 is 9.15 Å². The fraction of sp³-hybridized carbons (Fsp3) is 0.200. The predicted octanol–water partition coefficient (Wildman–Crippen LogP) is 3.91. The van der Waals surface area contributed by atoms with Gasteiger partial charge in [-0.05, 0) is 24.6 Å². The Morgan fingerprint density at radius 2 is 2.18 bits per heavy atom. The van der Waals surface area contributed by atoms with Crippen molar-refractivity contribution in [1.82, 2.24) is 0 Å². The Bertz CT molecular complexity index is 564. The summed E-state index contributed by atoms with van der Waals surface area (Å²) in [5.41, 5.74) is 2.27. The van der Waals surface area contributed by atoms with Gasteiger partial charge in [0.15, 0.2) is 0 Å². The summed E-state index contributed by atoms with van der Waals surface area (Å²) in [7, 11) is 1.68. The van der Waals surface area contributed by atoms with Crippen molar-refractivity contribution in [1.29, 1.82) is 0 Å². The molecule has 0 fully saturated rings. The quantitative estimate of drug-likeness (QED) is 0.774. The summed E-state index contributed by atoms with van der Waals surface area (Å²) in [4.78, 5) is 0. The van der Waals surface area contributed by atoms with Crippen LogP contribution in [0.4, 0.5) is 0 Å². The molecule has 2 heteroatoms. The van der Waals surface area contributed by atoms with E-state index in [2.05, 4.69) is 18.2 Å². The van der Waals surface area contributed by atoms with E-state index in [1.807, 2.05) is 24.3 Å². The highest BCUT2D eigenvalue weighted by atomic mass is 16.5. The molecule has 0 aliphatic heterocycles. The maximum absolute atomic E-state index is 5.88. The van der Waals surface area contributed by atoms with E-state index in [9.17, 15) is 0 Å². The van der Waals surface area contributed by atoms with Crippen molar-refractivity contribution >= 4 is 6.08 Å². The molecule has 2 nitrogen and oxygen atoms in total. The molecule has 1 aliphatic carbocycles. The van der Waals surface area contributed by atoms with E-state index in [4.69, 9.17) is 9.15 Å². The van der Waals surface area contributed by atoms with Crippen molar-refractivity contribution in [3.8, 4) is 17.1 Å². The van der Waals surface area contributed by atoms with E-state index in [0.717, 1.165) is 35.7 Å². The molecule has 0 saturated heterocycles. The van der Waals surface area contributed by atoms with Gasteiger partial charge in [-0.25, -0.2) is 0 Å². The first-order valence-corrected chi connectivity index (χ1v) is 5.80. The molecule has 0 unspecified atom stereocenters. The number of hydrogen-bond donors (Lipinski definition) is 0. The first-order chi connectivity index (χ1) is 8.36. The number of ether oxygens (including phenoxy) is 1. The third kappa shape index (κ3) is 1.86. The molecule has 0 radical (unpaired) electrons. The van der Waals surface area contributed by atoms with Crippen LogP contribution in [-0.2, 0) is 6.42 Å². The van der Waals surface area contributed by atoms with Crippen LogP contribution >= 0.6 is 0 Å². The van der Waals surface area contributed by atoms with Crippen molar-refractivity contribution in [2.45, 2.75) is 12.8 Å². The Labute approximate surface area is 101 Å². The van der Waals surface area contributed by atoms with Gasteiger partial charge >= 0.3 is 0 Å². The van der Waals surface area contributed by atoms with Crippen LogP contribution in [0.15, 0.2) is 40.8 Å². The number of allylic oxidation sites excluding steroid dienone is 1. The number of aryl methyl sites for hydroxylation is 1. The zero-order valence-corrected chi connectivity index (χ0v) is 9.77. The Kier molecular flexibility index (Phi) is 2.48. The minimum absolute atomic E-state index is 0.854. The molecule has 0 amide bonds. The summed E-state index contributed by atoms with van der Waals surface area (Å²) in [5.74, 6) is 2.86. The lowest BCUT2D eigenvalue weighted by atomic mass is 10.1. The molecule has 1 aromatic carbocycles. The second-order valence-electron chi connectivity index (χ2n) is 4.16. The van der Waals surface area contributed by atoms with Crippen LogP contribution < -0.4 is 4.74 Å². The monoisotopic (exact) mass is 226 g/mol. The highest BCUT2D eigenvalue weighted by Crippen LogP contribution is 2.31. The van der Waals surface area contributed by atoms with Gasteiger partial charge in [0.1, 0.15) is 17.3 Å². The highest BCUT2D eigenvalue weighted by molar-refractivity contribution is 5.66. The van der Waals surface area contributed by atoms with E-state index in [-0.39, 0.29) is 0 Å². The van der Waals surface area contributed by atoms with E-state index in [0.29, 0.717) is 0 Å². The molecule has 1 aromatic heterocycles. The fourth-order valence-electron chi connectivity index (χ4n) is 2.12. The Balaban J connectivity index is 2.03. The Hall–Kier alpha value is -1.96. The van der Waals surface area contributed by atoms with Gasteiger partial charge in [-0.15, -0.1) is 0 Å². The van der Waals surface area contributed by atoms with E-state index in [1.165, 1.54) is 5.56 Å². The lowest BCUT2D eigenvalue weighted by molar-refractivity contribution is 0.414. The number of rotatable bonds is 2. The van der Waals surface area contributed by atoms with Crippen molar-refractivity contribution in [3.05, 3.63) is 47.7 Å². The molecule has 3 rings (SSSR count). The molecule has 0 N–H and O–H groups in total. The van der Waals surface area contributed by atoms with Gasteiger partial charge in [-0.1, -0.05) is 24.3 Å². The fourth-order valence-corrected chi connectivity index (χ4v) is 2.12. The number of hydrogen-bond acceptors (Lipinski definition) is 2. The van der Waals surface area contributed by atoms with Gasteiger partial charge in [-0.2, -0.15) is 0 Å². The third-order valence-electron chi connectivity index (χ3n) is 3.03. The number of benzene rings is 1. The molecule has 0 atom stereocenters. The highest BCUT2D eigenvalue weighted by Gasteiger charge is 2.12. The SMILES string of the molecule is COc1cccc(-c2cc3c(o2)CCC=C3)c1. The predicted molar refractivity (Wildman–Crippen MR) is 68.1 cm³/mol. The van der Waals surface area contributed by atoms with Crippen molar-refractivity contribution in [3.63, 3.8) is 0 Å². The van der Waals surface area contributed by atoms with Gasteiger partial charge in [0, 0.05) is 17.5 Å². The first-order valence-electron chi connectivity index (χ1n) is 5.80. The topological polar surface area (TPSA) is 22.4 Å². The van der Waals surface area contributed by atoms with Gasteiger partial charge in [0.2, 0.25) is 0 Å². The van der Waals surface area contributed by atoms with Crippen LogP contribution in [-0.4, -0.2) is 7.11 Å². The average molecular weight is 226 g/mol. The van der Waals surface area contributed by atoms with Crippen LogP contribution in [0.2, 0.25) is 0 Å². The summed E-state index contributed by atoms with van der Waals surface area (Å²) in [6.45, 7) is 0. The number of furan rings is 1. The summed E-state index contributed by atoms with van der Waals surface area (Å²) in [5, 5.41) is 0. The van der Waals surface area contributed by atoms with E-state index in [1.54, 1.807) is 7.11 Å². The number of methoxy groups -OCH3 is 1. The van der Waals surface area contributed by atoms with Gasteiger partial charge in [-0.3, -0.25) is 0 Å². The van der Waals surface area contributed by atoms with Crippen LogP contribution in [0.25, 0.3) is 17.4 Å². The summed E-state index contributed by atoms with van der Waals surface area (Å²) >= 11 is 0. The van der Waals surface area contributed by atoms with E-state index >= 15 is 0 Å². The van der Waals surface area contributed by atoms with Gasteiger partial charge < -0.3 is 9.15 Å². The Morgan fingerprint density at radius 1 is 1.24 bits per heavy atom. The summed E-state index contributed by atoms with van der Waals surface area (Å²) < 4.78 is 11.1. The van der Waals surface area contributed by atoms with E-state index < -0.39 is 0 Å². The first kappa shape index (κ1) is 10.2. The second-order valence-corrected chi connectivity index (χ2v) is 4.16. The molecule has 0 spiro atoms. The Morgan fingerprint density at radius 3 is 3.00 bits per heavy atom. The molecule has 17 heavy (non-hydrogen) atoms. The number of fused-ring (bicyclic) bond motifs is 1. The smallest absolute Gasteiger partial charge is 0.135 e. The van der Waals surface area contributed by atoms with Crippen LogP contribution in [0.1, 0.15) is 17.7 Å². The van der Waals surface area contributed by atoms with Gasteiger partial charge in [0.05, 0.1) is 7.11 Å². The maximum atomic E-state index is 5.88. The molecule has 86 valence electrons. The summed E-state index contributed by atoms with van der Waals surface area (Å²) in [6, 6.07) is 10.0. The maximum Gasteiger partial charge on any atom is 0.135 e. The second kappa shape index (κ2) is 4.13. The molecule has 0 bridgehead atoms. The zero-order chi connectivity index (χ0) is 11.7. The molecule has 1 heterocycles. The molecule has 1 aliphatic rings. The standard InChI is InChI=1S/C15H14O2/c1-16-13-7-4-6-11(9-13)15-10-12-5-2-3-8-14(12)17-15/h2,4-7,9-10H,3,8H2,1H3. The molecule has 2 aromatic rings. The molecular weight excluding hydrogens is 212 g/mol. The third-order valence-corrected chi connectivity index (χ3v) is 3.03. The summed E-state index contributed by atoms with van der Waals surface area (Å²) in [6.07, 6.45) is 6.38. The minimum atomic E-state index is 0.854. The van der Waals surface area contributed by atoms with Gasteiger partial charge in [0.25, 0.3) is 0 Å². The normalized spacial score (nSPS) is 13.5. The van der Waals surface area contributed by atoms with Crippen LogP contribution in [0.3, 0.4) is 0 Å². The van der Waals surface area contributed by atoms with Crippen LogP contribution in [0, 0.1) is 0 Å². The largest absolute Gasteiger partial charge is 0.497 e. The molecular formula is C15H14O2. The van der Waals surface area contributed by atoms with Crippen molar-refractivity contribution in [2.24, 2.45) is 0 Å². The zero-order valence-electron chi connectivity index (χ0n) is 9.77. The average Bonchev–Trinajstić information content (AvgIpc) is 2.82. The van der Waals surface area contributed by atoms with Crippen molar-refractivity contribution in [2.75, 3.05) is 7.11 Å². The molecule has 0 saturated carbocycles. The van der Waals surface area contributed by atoms with Crippen LogP contribution in [0.5, 0.6) is 5.75 Å².